The lowest BCUT2D eigenvalue weighted by Gasteiger charge is -1.99. The maximum Gasteiger partial charge on any atom is 0.248 e. The zero-order chi connectivity index (χ0) is 13.9. The van der Waals surface area contributed by atoms with Crippen LogP contribution in [0.15, 0.2) is 24.1 Å². The van der Waals surface area contributed by atoms with Crippen LogP contribution >= 0.6 is 11.3 Å². The van der Waals surface area contributed by atoms with E-state index >= 15 is 0 Å². The van der Waals surface area contributed by atoms with Gasteiger partial charge in [-0.15, -0.1) is 16.4 Å². The molecule has 0 fully saturated rings. The molecule has 3 rings (SSSR count). The predicted octanol–water partition coefficient (Wildman–Crippen LogP) is 0.169. The molecule has 0 radical (unpaired) electrons. The third-order valence-corrected chi connectivity index (χ3v) is 3.21. The number of aromatic nitrogens is 7. The monoisotopic (exact) mass is 290 g/mol. The number of hydrogen-bond donors (Lipinski definition) is 1. The van der Waals surface area contributed by atoms with E-state index in [0.29, 0.717) is 5.13 Å². The van der Waals surface area contributed by atoms with Crippen molar-refractivity contribution in [3.63, 3.8) is 0 Å². The Hall–Kier alpha value is -2.62. The third kappa shape index (κ3) is 2.69. The van der Waals surface area contributed by atoms with Gasteiger partial charge < -0.3 is 5.32 Å². The lowest BCUT2D eigenvalue weighted by molar-refractivity contribution is -0.116. The van der Waals surface area contributed by atoms with Crippen LogP contribution in [0.3, 0.4) is 0 Å². The lowest BCUT2D eigenvalue weighted by Crippen LogP contribution is -2.19. The van der Waals surface area contributed by atoms with Gasteiger partial charge >= 0.3 is 0 Å². The second-order valence-electron chi connectivity index (χ2n) is 4.00. The van der Waals surface area contributed by atoms with Crippen LogP contribution in [0.4, 0.5) is 5.13 Å². The highest BCUT2D eigenvalue weighted by molar-refractivity contribution is 7.14. The Labute approximate surface area is 117 Å². The van der Waals surface area contributed by atoms with Gasteiger partial charge in [0.2, 0.25) is 5.91 Å². The number of hydrogen-bond acceptors (Lipinski definition) is 7. The van der Waals surface area contributed by atoms with Gasteiger partial charge in [0.25, 0.3) is 0 Å². The number of carbonyl (C=O) groups is 1. The average Bonchev–Trinajstić information content (AvgIpc) is 3.10. The minimum atomic E-state index is -0.232. The van der Waals surface area contributed by atoms with Gasteiger partial charge in [0, 0.05) is 24.2 Å². The number of rotatable bonds is 4. The third-order valence-electron chi connectivity index (χ3n) is 2.45. The summed E-state index contributed by atoms with van der Waals surface area (Å²) in [4.78, 5) is 16.1. The zero-order valence-electron chi connectivity index (χ0n) is 10.5. The fourth-order valence-electron chi connectivity index (χ4n) is 1.58. The first-order valence-corrected chi connectivity index (χ1v) is 6.54. The summed E-state index contributed by atoms with van der Waals surface area (Å²) in [6, 6.07) is 0. The van der Waals surface area contributed by atoms with Crippen LogP contribution in [0, 0.1) is 0 Å². The molecule has 0 spiro atoms. The molecular weight excluding hydrogens is 280 g/mol. The van der Waals surface area contributed by atoms with Crippen molar-refractivity contribution in [2.45, 2.75) is 6.54 Å². The van der Waals surface area contributed by atoms with Crippen molar-refractivity contribution < 1.29 is 4.79 Å². The molecule has 0 atom stereocenters. The summed E-state index contributed by atoms with van der Waals surface area (Å²) >= 11 is 1.35. The summed E-state index contributed by atoms with van der Waals surface area (Å²) in [5.74, 6) is -0.232. The smallest absolute Gasteiger partial charge is 0.248 e. The van der Waals surface area contributed by atoms with Crippen molar-refractivity contribution in [3.05, 3.63) is 24.1 Å². The Balaban J connectivity index is 1.66. The molecule has 0 aliphatic rings. The highest BCUT2D eigenvalue weighted by atomic mass is 32.1. The highest BCUT2D eigenvalue weighted by Gasteiger charge is 2.10. The second-order valence-corrected chi connectivity index (χ2v) is 4.85. The van der Waals surface area contributed by atoms with Crippen molar-refractivity contribution in [1.82, 2.24) is 35.0 Å². The molecule has 0 aliphatic heterocycles. The number of nitrogens with one attached hydrogen (secondary N) is 1. The van der Waals surface area contributed by atoms with E-state index in [4.69, 9.17) is 0 Å². The molecule has 3 aromatic rings. The standard InChI is InChI=1S/C10H10N8OS/c1-17-3-7(2-12-17)8-5-20-10(13-8)14-9(19)4-18-6-11-15-16-18/h2-3,5-6H,4H2,1H3,(H,13,14,19). The van der Waals surface area contributed by atoms with Gasteiger partial charge in [-0.05, 0) is 10.4 Å². The van der Waals surface area contributed by atoms with E-state index in [1.165, 1.54) is 22.3 Å². The number of thiazole rings is 1. The Bertz CT molecular complexity index is 715. The van der Waals surface area contributed by atoms with Gasteiger partial charge in [-0.2, -0.15) is 5.10 Å². The molecule has 1 amide bonds. The fourth-order valence-corrected chi connectivity index (χ4v) is 2.31. The van der Waals surface area contributed by atoms with Crippen LogP contribution in [0.1, 0.15) is 0 Å². The summed E-state index contributed by atoms with van der Waals surface area (Å²) in [5.41, 5.74) is 1.69. The normalized spacial score (nSPS) is 10.7. The lowest BCUT2D eigenvalue weighted by atomic mass is 10.3. The fraction of sp³-hybridized carbons (Fsp3) is 0.200. The van der Waals surface area contributed by atoms with Crippen molar-refractivity contribution in [3.8, 4) is 11.3 Å². The van der Waals surface area contributed by atoms with Crippen LogP contribution in [-0.2, 0) is 18.4 Å². The van der Waals surface area contributed by atoms with E-state index in [9.17, 15) is 4.79 Å². The van der Waals surface area contributed by atoms with Gasteiger partial charge in [0.15, 0.2) is 5.13 Å². The molecule has 1 N–H and O–H groups in total. The number of aryl methyl sites for hydroxylation is 1. The molecule has 102 valence electrons. The Kier molecular flexibility index (Phi) is 3.21. The quantitative estimate of drug-likeness (QED) is 0.734. The summed E-state index contributed by atoms with van der Waals surface area (Å²) in [5, 5.41) is 19.7. The van der Waals surface area contributed by atoms with Gasteiger partial charge in [-0.1, -0.05) is 0 Å². The minimum absolute atomic E-state index is 0.0504. The van der Waals surface area contributed by atoms with Crippen LogP contribution in [0.2, 0.25) is 0 Å². The Morgan fingerprint density at radius 3 is 3.10 bits per heavy atom. The van der Waals surface area contributed by atoms with Gasteiger partial charge in [-0.25, -0.2) is 9.67 Å². The molecule has 0 saturated heterocycles. The van der Waals surface area contributed by atoms with Crippen molar-refractivity contribution in [2.24, 2.45) is 7.05 Å². The van der Waals surface area contributed by atoms with Gasteiger partial charge in [-0.3, -0.25) is 9.48 Å². The van der Waals surface area contributed by atoms with Crippen molar-refractivity contribution in [1.29, 1.82) is 0 Å². The van der Waals surface area contributed by atoms with E-state index < -0.39 is 0 Å². The summed E-state index contributed by atoms with van der Waals surface area (Å²) in [7, 11) is 1.84. The predicted molar refractivity (Wildman–Crippen MR) is 70.8 cm³/mol. The maximum absolute atomic E-state index is 11.8. The van der Waals surface area contributed by atoms with E-state index in [1.807, 2.05) is 18.6 Å². The number of amides is 1. The number of nitrogens with zero attached hydrogens (tertiary/aromatic N) is 7. The Morgan fingerprint density at radius 2 is 2.40 bits per heavy atom. The molecule has 0 saturated carbocycles. The van der Waals surface area contributed by atoms with Crippen molar-refractivity contribution >= 4 is 22.4 Å². The second kappa shape index (κ2) is 5.17. The number of anilines is 1. The molecule has 0 bridgehead atoms. The van der Waals surface area contributed by atoms with E-state index in [2.05, 4.69) is 30.9 Å². The molecule has 0 aliphatic carbocycles. The topological polar surface area (TPSA) is 103 Å². The molecule has 0 unspecified atom stereocenters. The maximum atomic E-state index is 11.8. The average molecular weight is 290 g/mol. The number of tetrazole rings is 1. The molecule has 3 aromatic heterocycles. The van der Waals surface area contributed by atoms with Crippen LogP contribution in [-0.4, -0.2) is 40.9 Å². The van der Waals surface area contributed by atoms with Crippen molar-refractivity contribution in [2.75, 3.05) is 5.32 Å². The summed E-state index contributed by atoms with van der Waals surface area (Å²) < 4.78 is 3.04. The SMILES string of the molecule is Cn1cc(-c2csc(NC(=O)Cn3cnnn3)n2)cn1. The first-order valence-electron chi connectivity index (χ1n) is 5.66. The van der Waals surface area contributed by atoms with Crippen LogP contribution in [0.25, 0.3) is 11.3 Å². The molecule has 3 heterocycles. The van der Waals surface area contributed by atoms with Gasteiger partial charge in [0.05, 0.1) is 11.9 Å². The molecular formula is C10H10N8OS. The molecule has 0 aromatic carbocycles. The summed E-state index contributed by atoms with van der Waals surface area (Å²) in [6.45, 7) is 0.0504. The van der Waals surface area contributed by atoms with Gasteiger partial charge in [0.1, 0.15) is 12.9 Å². The molecule has 10 heteroatoms. The highest BCUT2D eigenvalue weighted by Crippen LogP contribution is 2.24. The minimum Gasteiger partial charge on any atom is -0.300 e. The van der Waals surface area contributed by atoms with Crippen LogP contribution in [0.5, 0.6) is 0 Å². The number of carbonyl (C=O) groups excluding carboxylic acids is 1. The first kappa shape index (κ1) is 12.4. The van der Waals surface area contributed by atoms with E-state index in [1.54, 1.807) is 10.9 Å². The largest absolute Gasteiger partial charge is 0.300 e. The molecule has 9 nitrogen and oxygen atoms in total. The zero-order valence-corrected chi connectivity index (χ0v) is 11.3. The summed E-state index contributed by atoms with van der Waals surface area (Å²) in [6.07, 6.45) is 4.96. The first-order chi connectivity index (χ1) is 9.70. The Morgan fingerprint density at radius 1 is 1.50 bits per heavy atom. The molecule has 20 heavy (non-hydrogen) atoms. The van der Waals surface area contributed by atoms with E-state index in [0.717, 1.165) is 11.3 Å². The van der Waals surface area contributed by atoms with E-state index in [-0.39, 0.29) is 12.5 Å². The van der Waals surface area contributed by atoms with Crippen LogP contribution < -0.4 is 5.32 Å².